The summed E-state index contributed by atoms with van der Waals surface area (Å²) < 4.78 is 52.3. The van der Waals surface area contributed by atoms with Crippen LogP contribution in [0, 0.1) is 5.82 Å². The summed E-state index contributed by atoms with van der Waals surface area (Å²) in [4.78, 5) is 33.8. The maximum atomic E-state index is 14.1. The number of carbonyl (C=O) groups is 2. The fourth-order valence-electron chi connectivity index (χ4n) is 3.90. The smallest absolute Gasteiger partial charge is 0.382 e. The first-order chi connectivity index (χ1) is 17.6. The monoisotopic (exact) mass is 516 g/mol. The lowest BCUT2D eigenvalue weighted by molar-refractivity contribution is -0.137. The fraction of sp³-hybridized carbons (Fsp3) is 0.280. The SMILES string of the molecule is Nc1ncc(-c2cccc(C(=O)NCc3ccc(C(F)(F)F)cc3F)c2)nc1C(=O)N[C@H]1CCCNC1. The van der Waals surface area contributed by atoms with E-state index in [9.17, 15) is 27.2 Å². The second-order valence-corrected chi connectivity index (χ2v) is 8.57. The zero-order valence-corrected chi connectivity index (χ0v) is 19.5. The van der Waals surface area contributed by atoms with Crippen molar-refractivity contribution in [3.8, 4) is 11.3 Å². The molecule has 8 nitrogen and oxygen atoms in total. The van der Waals surface area contributed by atoms with Gasteiger partial charge in [-0.2, -0.15) is 13.2 Å². The molecule has 12 heteroatoms. The van der Waals surface area contributed by atoms with Gasteiger partial charge in [-0.25, -0.2) is 14.4 Å². The summed E-state index contributed by atoms with van der Waals surface area (Å²) in [5, 5.41) is 8.59. The van der Waals surface area contributed by atoms with Gasteiger partial charge in [-0.3, -0.25) is 9.59 Å². The number of anilines is 1. The molecule has 1 atom stereocenters. The molecule has 1 aliphatic rings. The van der Waals surface area contributed by atoms with E-state index in [1.165, 1.54) is 18.3 Å². The largest absolute Gasteiger partial charge is 0.416 e. The highest BCUT2D eigenvalue weighted by atomic mass is 19.4. The minimum absolute atomic E-state index is 0.0301. The lowest BCUT2D eigenvalue weighted by atomic mass is 10.1. The maximum absolute atomic E-state index is 14.1. The maximum Gasteiger partial charge on any atom is 0.416 e. The van der Waals surface area contributed by atoms with Crippen LogP contribution in [0.15, 0.2) is 48.7 Å². The summed E-state index contributed by atoms with van der Waals surface area (Å²) in [6.45, 7) is 1.23. The summed E-state index contributed by atoms with van der Waals surface area (Å²) in [6, 6.07) is 8.35. The van der Waals surface area contributed by atoms with Crippen LogP contribution < -0.4 is 21.7 Å². The summed E-state index contributed by atoms with van der Waals surface area (Å²) >= 11 is 0. The number of aromatic nitrogens is 2. The Bertz CT molecular complexity index is 1310. The number of hydrogen-bond acceptors (Lipinski definition) is 6. The zero-order chi connectivity index (χ0) is 26.6. The Kier molecular flexibility index (Phi) is 7.67. The molecule has 37 heavy (non-hydrogen) atoms. The molecule has 2 heterocycles. The van der Waals surface area contributed by atoms with Gasteiger partial charge in [-0.05, 0) is 43.7 Å². The quantitative estimate of drug-likeness (QED) is 0.373. The van der Waals surface area contributed by atoms with Crippen LogP contribution in [0.25, 0.3) is 11.3 Å². The van der Waals surface area contributed by atoms with Crippen molar-refractivity contribution >= 4 is 17.6 Å². The van der Waals surface area contributed by atoms with Gasteiger partial charge < -0.3 is 21.7 Å². The highest BCUT2D eigenvalue weighted by Gasteiger charge is 2.31. The highest BCUT2D eigenvalue weighted by molar-refractivity contribution is 5.97. The molecule has 0 bridgehead atoms. The van der Waals surface area contributed by atoms with E-state index >= 15 is 0 Å². The normalized spacial score (nSPS) is 15.7. The van der Waals surface area contributed by atoms with Gasteiger partial charge in [0.05, 0.1) is 17.5 Å². The van der Waals surface area contributed by atoms with Crippen LogP contribution in [0.2, 0.25) is 0 Å². The van der Waals surface area contributed by atoms with E-state index in [4.69, 9.17) is 5.73 Å². The molecule has 0 radical (unpaired) electrons. The van der Waals surface area contributed by atoms with Crippen LogP contribution in [0.3, 0.4) is 0 Å². The number of nitrogens with one attached hydrogen (secondary N) is 3. The first kappa shape index (κ1) is 26.0. The summed E-state index contributed by atoms with van der Waals surface area (Å²) in [5.41, 5.74) is 5.64. The molecule has 0 unspecified atom stereocenters. The van der Waals surface area contributed by atoms with Gasteiger partial charge in [-0.1, -0.05) is 18.2 Å². The van der Waals surface area contributed by atoms with Gasteiger partial charge in [0.1, 0.15) is 5.82 Å². The second-order valence-electron chi connectivity index (χ2n) is 8.57. The third-order valence-corrected chi connectivity index (χ3v) is 5.89. The summed E-state index contributed by atoms with van der Waals surface area (Å²) in [6.07, 6.45) is -1.52. The topological polar surface area (TPSA) is 122 Å². The summed E-state index contributed by atoms with van der Waals surface area (Å²) in [5.74, 6) is -2.13. The van der Waals surface area contributed by atoms with Crippen LogP contribution in [-0.4, -0.2) is 40.9 Å². The number of nitrogen functional groups attached to an aromatic ring is 1. The number of hydrogen-bond donors (Lipinski definition) is 4. The molecule has 0 spiro atoms. The highest BCUT2D eigenvalue weighted by Crippen LogP contribution is 2.30. The van der Waals surface area contributed by atoms with Gasteiger partial charge in [0.15, 0.2) is 11.5 Å². The van der Waals surface area contributed by atoms with Crippen molar-refractivity contribution in [2.24, 2.45) is 0 Å². The van der Waals surface area contributed by atoms with E-state index in [2.05, 4.69) is 25.9 Å². The summed E-state index contributed by atoms with van der Waals surface area (Å²) in [7, 11) is 0. The molecule has 194 valence electrons. The molecule has 2 aromatic carbocycles. The minimum atomic E-state index is -4.67. The van der Waals surface area contributed by atoms with E-state index in [1.54, 1.807) is 12.1 Å². The molecule has 5 N–H and O–H groups in total. The van der Waals surface area contributed by atoms with Gasteiger partial charge in [0, 0.05) is 35.8 Å². The molecule has 1 aliphatic heterocycles. The Morgan fingerprint density at radius 2 is 1.95 bits per heavy atom. The van der Waals surface area contributed by atoms with Crippen molar-refractivity contribution in [1.82, 2.24) is 25.9 Å². The average molecular weight is 516 g/mol. The average Bonchev–Trinajstić information content (AvgIpc) is 2.88. The third-order valence-electron chi connectivity index (χ3n) is 5.89. The number of alkyl halides is 3. The molecule has 1 fully saturated rings. The molecular formula is C25H24F4N6O2. The molecule has 1 aromatic heterocycles. The van der Waals surface area contributed by atoms with Gasteiger partial charge >= 0.3 is 6.18 Å². The Morgan fingerprint density at radius 1 is 1.14 bits per heavy atom. The van der Waals surface area contributed by atoms with Crippen LogP contribution >= 0.6 is 0 Å². The van der Waals surface area contributed by atoms with Crippen molar-refractivity contribution in [3.05, 3.63) is 76.9 Å². The molecule has 3 aromatic rings. The molecule has 4 rings (SSSR count). The first-order valence-electron chi connectivity index (χ1n) is 11.5. The van der Waals surface area contributed by atoms with Gasteiger partial charge in [0.2, 0.25) is 0 Å². The number of halogens is 4. The van der Waals surface area contributed by atoms with Crippen molar-refractivity contribution in [1.29, 1.82) is 0 Å². The predicted octanol–water partition coefficient (Wildman–Crippen LogP) is 3.30. The molecule has 2 amide bonds. The van der Waals surface area contributed by atoms with Crippen molar-refractivity contribution in [3.63, 3.8) is 0 Å². The van der Waals surface area contributed by atoms with Gasteiger partial charge in [0.25, 0.3) is 11.8 Å². The Labute approximate surface area is 209 Å². The van der Waals surface area contributed by atoms with E-state index in [1.807, 2.05) is 0 Å². The lowest BCUT2D eigenvalue weighted by Crippen LogP contribution is -2.46. The van der Waals surface area contributed by atoms with Gasteiger partial charge in [-0.15, -0.1) is 0 Å². The van der Waals surface area contributed by atoms with Crippen molar-refractivity contribution < 1.29 is 27.2 Å². The van der Waals surface area contributed by atoms with Crippen LogP contribution in [0.4, 0.5) is 23.4 Å². The number of carbonyl (C=O) groups excluding carboxylic acids is 2. The fourth-order valence-corrected chi connectivity index (χ4v) is 3.90. The van der Waals surface area contributed by atoms with Crippen molar-refractivity contribution in [2.75, 3.05) is 18.8 Å². The van der Waals surface area contributed by atoms with Crippen molar-refractivity contribution in [2.45, 2.75) is 31.6 Å². The molecule has 1 saturated heterocycles. The van der Waals surface area contributed by atoms with E-state index in [0.717, 1.165) is 31.5 Å². The number of amides is 2. The standard InChI is InChI=1S/C25H24F4N6O2/c26-19-10-17(25(27,28)29)7-6-16(19)11-33-23(36)15-4-1-3-14(9-15)20-13-32-22(30)21(35-20)24(37)34-18-5-2-8-31-12-18/h1,3-4,6-7,9-10,13,18,31H,2,5,8,11-12H2,(H2,30,32)(H,33,36)(H,34,37)/t18-/m0/s1. The molecule has 0 aliphatic carbocycles. The zero-order valence-electron chi connectivity index (χ0n) is 19.5. The number of nitrogens with two attached hydrogens (primary N) is 1. The number of nitrogens with zero attached hydrogens (tertiary/aromatic N) is 2. The number of benzene rings is 2. The predicted molar refractivity (Wildman–Crippen MR) is 128 cm³/mol. The first-order valence-corrected chi connectivity index (χ1v) is 11.5. The Balaban J connectivity index is 1.46. The van der Waals surface area contributed by atoms with Crippen LogP contribution in [0.5, 0.6) is 0 Å². The Morgan fingerprint density at radius 3 is 2.65 bits per heavy atom. The van der Waals surface area contributed by atoms with E-state index < -0.39 is 29.4 Å². The van der Waals surface area contributed by atoms with E-state index in [0.29, 0.717) is 23.9 Å². The van der Waals surface area contributed by atoms with E-state index in [-0.39, 0.29) is 35.2 Å². The molecule has 0 saturated carbocycles. The lowest BCUT2D eigenvalue weighted by Gasteiger charge is -2.23. The number of rotatable bonds is 6. The minimum Gasteiger partial charge on any atom is -0.382 e. The molecular weight excluding hydrogens is 492 g/mol. The third kappa shape index (κ3) is 6.39. The number of piperidine rings is 1. The van der Waals surface area contributed by atoms with Crippen LogP contribution in [0.1, 0.15) is 44.8 Å². The second kappa shape index (κ2) is 10.9. The Hall–Kier alpha value is -4.06. The van der Waals surface area contributed by atoms with Crippen LogP contribution in [-0.2, 0) is 12.7 Å².